The summed E-state index contributed by atoms with van der Waals surface area (Å²) < 4.78 is 13.2. The highest BCUT2D eigenvalue weighted by molar-refractivity contribution is 5.93. The molecule has 0 bridgehead atoms. The lowest BCUT2D eigenvalue weighted by Gasteiger charge is -2.41. The van der Waals surface area contributed by atoms with E-state index < -0.39 is 17.3 Å². The molecule has 2 heterocycles. The van der Waals surface area contributed by atoms with Crippen molar-refractivity contribution in [3.05, 3.63) is 71.9 Å². The predicted molar refractivity (Wildman–Crippen MR) is 142 cm³/mol. The first kappa shape index (κ1) is 26.0. The van der Waals surface area contributed by atoms with E-state index in [0.29, 0.717) is 6.54 Å². The molecular formula is C30H38N2O4. The number of para-hydroxylation sites is 1. The molecule has 6 nitrogen and oxygen atoms in total. The summed E-state index contributed by atoms with van der Waals surface area (Å²) in [6.07, 6.45) is 3.07. The van der Waals surface area contributed by atoms with E-state index in [1.54, 1.807) is 4.57 Å². The second kappa shape index (κ2) is 10.1. The highest BCUT2D eigenvalue weighted by atomic mass is 16.6. The van der Waals surface area contributed by atoms with Crippen molar-refractivity contribution < 1.29 is 19.1 Å². The van der Waals surface area contributed by atoms with Crippen LogP contribution in [0.3, 0.4) is 0 Å². The summed E-state index contributed by atoms with van der Waals surface area (Å²) in [5, 5.41) is 0.946. The minimum Gasteiger partial charge on any atom is -0.460 e. The first-order valence-electron chi connectivity index (χ1n) is 12.8. The molecule has 3 aromatic rings. The monoisotopic (exact) mass is 490 g/mol. The summed E-state index contributed by atoms with van der Waals surface area (Å²) in [5.41, 5.74) is 1.71. The molecule has 6 heteroatoms. The molecule has 4 rings (SSSR count). The van der Waals surface area contributed by atoms with Crippen LogP contribution in [0.25, 0.3) is 10.9 Å². The van der Waals surface area contributed by atoms with Crippen LogP contribution in [0, 0.1) is 5.92 Å². The minimum atomic E-state index is -0.619. The Morgan fingerprint density at radius 1 is 0.889 bits per heavy atom. The second-order valence-corrected chi connectivity index (χ2v) is 11.6. The number of rotatable bonds is 4. The Hall–Kier alpha value is -3.12. The number of piperidine rings is 1. The van der Waals surface area contributed by atoms with Crippen LogP contribution in [-0.4, -0.2) is 39.3 Å². The number of hydrogen-bond donors (Lipinski definition) is 0. The number of benzene rings is 2. The van der Waals surface area contributed by atoms with Gasteiger partial charge in [-0.1, -0.05) is 48.5 Å². The Morgan fingerprint density at radius 2 is 1.53 bits per heavy atom. The molecule has 1 fully saturated rings. The van der Waals surface area contributed by atoms with Gasteiger partial charge in [-0.2, -0.15) is 0 Å². The van der Waals surface area contributed by atoms with Gasteiger partial charge in [0.2, 0.25) is 0 Å². The third kappa shape index (κ3) is 5.98. The van der Waals surface area contributed by atoms with Crippen LogP contribution in [0.2, 0.25) is 0 Å². The van der Waals surface area contributed by atoms with Gasteiger partial charge in [0.05, 0.1) is 17.5 Å². The number of carbonyl (C=O) groups is 2. The van der Waals surface area contributed by atoms with E-state index in [-0.39, 0.29) is 17.9 Å². The van der Waals surface area contributed by atoms with Gasteiger partial charge in [0.1, 0.15) is 11.2 Å². The fraction of sp³-hybridized carbons (Fsp3) is 0.467. The Labute approximate surface area is 214 Å². The van der Waals surface area contributed by atoms with Crippen molar-refractivity contribution in [3.8, 4) is 0 Å². The van der Waals surface area contributed by atoms with Gasteiger partial charge >= 0.3 is 12.1 Å². The lowest BCUT2D eigenvalue weighted by Crippen LogP contribution is -2.43. The Morgan fingerprint density at radius 3 is 2.19 bits per heavy atom. The zero-order valence-corrected chi connectivity index (χ0v) is 22.3. The minimum absolute atomic E-state index is 0.195. The number of likely N-dealkylation sites (tertiary alicyclic amines) is 1. The summed E-state index contributed by atoms with van der Waals surface area (Å²) in [6.45, 7) is 12.8. The third-order valence-corrected chi connectivity index (χ3v) is 6.32. The van der Waals surface area contributed by atoms with E-state index in [1.807, 2.05) is 90.2 Å². The maximum atomic E-state index is 13.5. The quantitative estimate of drug-likeness (QED) is 0.380. The molecule has 1 saturated heterocycles. The molecule has 0 N–H and O–H groups in total. The van der Waals surface area contributed by atoms with Crippen molar-refractivity contribution in [1.29, 1.82) is 0 Å². The smallest absolute Gasteiger partial charge is 0.419 e. The summed E-state index contributed by atoms with van der Waals surface area (Å²) in [7, 11) is 0. The van der Waals surface area contributed by atoms with E-state index in [2.05, 4.69) is 17.0 Å². The molecule has 0 aliphatic carbocycles. The molecular weight excluding hydrogens is 452 g/mol. The van der Waals surface area contributed by atoms with Crippen LogP contribution >= 0.6 is 0 Å². The van der Waals surface area contributed by atoms with Crippen molar-refractivity contribution in [2.45, 2.75) is 78.2 Å². The van der Waals surface area contributed by atoms with E-state index in [4.69, 9.17) is 9.47 Å². The lowest BCUT2D eigenvalue weighted by atomic mass is 9.84. The van der Waals surface area contributed by atoms with E-state index in [1.165, 1.54) is 5.56 Å². The zero-order chi connectivity index (χ0) is 26.1. The number of carbonyl (C=O) groups excluding carboxylic acids is 2. The number of fused-ring (bicyclic) bond motifs is 1. The van der Waals surface area contributed by atoms with Crippen molar-refractivity contribution in [1.82, 2.24) is 9.47 Å². The molecule has 0 saturated carbocycles. The number of nitrogens with zero attached hydrogens (tertiary/aromatic N) is 2. The normalized spacial score (nSPS) is 19.3. The van der Waals surface area contributed by atoms with Crippen LogP contribution in [0.1, 0.15) is 71.6 Å². The molecule has 0 spiro atoms. The van der Waals surface area contributed by atoms with Crippen LogP contribution in [-0.2, 0) is 20.8 Å². The molecule has 1 aromatic heterocycles. The fourth-order valence-corrected chi connectivity index (χ4v) is 5.00. The van der Waals surface area contributed by atoms with Crippen molar-refractivity contribution in [2.75, 3.05) is 6.54 Å². The van der Waals surface area contributed by atoms with E-state index in [0.717, 1.165) is 35.9 Å². The van der Waals surface area contributed by atoms with Gasteiger partial charge < -0.3 is 9.47 Å². The number of esters is 1. The average molecular weight is 491 g/mol. The molecule has 36 heavy (non-hydrogen) atoms. The summed E-state index contributed by atoms with van der Waals surface area (Å²) in [5.74, 6) is -0.543. The summed E-state index contributed by atoms with van der Waals surface area (Å²) in [6, 6.07) is 17.9. The Balaban J connectivity index is 1.82. The first-order chi connectivity index (χ1) is 16.9. The van der Waals surface area contributed by atoms with Crippen molar-refractivity contribution in [2.24, 2.45) is 5.92 Å². The van der Waals surface area contributed by atoms with Gasteiger partial charge in [-0.25, -0.2) is 4.79 Å². The van der Waals surface area contributed by atoms with E-state index >= 15 is 0 Å². The number of hydrogen-bond acceptors (Lipinski definition) is 5. The van der Waals surface area contributed by atoms with Gasteiger partial charge in [0.25, 0.3) is 0 Å². The van der Waals surface area contributed by atoms with Crippen LogP contribution < -0.4 is 0 Å². The average Bonchev–Trinajstić information content (AvgIpc) is 3.17. The van der Waals surface area contributed by atoms with Crippen LogP contribution in [0.15, 0.2) is 60.8 Å². The van der Waals surface area contributed by atoms with Gasteiger partial charge in [-0.15, -0.1) is 0 Å². The number of ether oxygens (including phenoxy) is 2. The topological polar surface area (TPSA) is 60.8 Å². The standard InChI is InChI=1S/C30H38N2O4/c1-29(2,3)35-27(33)23-16-12-18-31(19-21-13-8-7-9-14-21)26(23)24-20-32(28(34)36-30(4,5)6)25-17-11-10-15-22(24)25/h7-11,13-15,17,20,23,26H,12,16,18-19H2,1-6H3/t23-,26+/m0/s1. The fourth-order valence-electron chi connectivity index (χ4n) is 5.00. The maximum absolute atomic E-state index is 13.5. The molecule has 0 amide bonds. The van der Waals surface area contributed by atoms with Gasteiger partial charge in [-0.05, 0) is 78.1 Å². The van der Waals surface area contributed by atoms with Crippen molar-refractivity contribution in [3.63, 3.8) is 0 Å². The molecule has 2 atom stereocenters. The molecule has 0 radical (unpaired) electrons. The SMILES string of the molecule is CC(C)(C)OC(=O)[C@H]1CCCN(Cc2ccccc2)[C@H]1c1cn(C(=O)OC(C)(C)C)c2ccccc12. The Bertz CT molecular complexity index is 1220. The molecule has 1 aliphatic heterocycles. The summed E-state index contributed by atoms with van der Waals surface area (Å²) >= 11 is 0. The third-order valence-electron chi connectivity index (χ3n) is 6.32. The molecule has 1 aliphatic rings. The second-order valence-electron chi connectivity index (χ2n) is 11.6. The molecule has 192 valence electrons. The van der Waals surface area contributed by atoms with Crippen LogP contribution in [0.4, 0.5) is 4.79 Å². The highest BCUT2D eigenvalue weighted by Crippen LogP contribution is 2.42. The largest absolute Gasteiger partial charge is 0.460 e. The van der Waals surface area contributed by atoms with Gasteiger partial charge in [0.15, 0.2) is 0 Å². The molecule has 2 aromatic carbocycles. The van der Waals surface area contributed by atoms with Gasteiger partial charge in [-0.3, -0.25) is 14.3 Å². The highest BCUT2D eigenvalue weighted by Gasteiger charge is 2.41. The zero-order valence-electron chi connectivity index (χ0n) is 22.3. The van der Waals surface area contributed by atoms with Crippen LogP contribution in [0.5, 0.6) is 0 Å². The molecule has 0 unspecified atom stereocenters. The first-order valence-corrected chi connectivity index (χ1v) is 12.8. The van der Waals surface area contributed by atoms with E-state index in [9.17, 15) is 9.59 Å². The summed E-state index contributed by atoms with van der Waals surface area (Å²) in [4.78, 5) is 29.0. The number of aromatic nitrogens is 1. The Kier molecular flexibility index (Phi) is 7.28. The lowest BCUT2D eigenvalue weighted by molar-refractivity contribution is -0.164. The van der Waals surface area contributed by atoms with Crippen molar-refractivity contribution >= 4 is 23.0 Å². The van der Waals surface area contributed by atoms with Gasteiger partial charge in [0, 0.05) is 18.1 Å². The predicted octanol–water partition coefficient (Wildman–Crippen LogP) is 6.72. The maximum Gasteiger partial charge on any atom is 0.419 e.